The molecule has 0 saturated carbocycles. The summed E-state index contributed by atoms with van der Waals surface area (Å²) >= 11 is 2.65. The number of amides is 1. The van der Waals surface area contributed by atoms with E-state index in [1.54, 1.807) is 19.1 Å². The number of aryl methyl sites for hydroxylation is 2. The predicted octanol–water partition coefficient (Wildman–Crippen LogP) is 2.65. The van der Waals surface area contributed by atoms with Crippen LogP contribution in [0.15, 0.2) is 27.3 Å². The Labute approximate surface area is 177 Å². The van der Waals surface area contributed by atoms with Gasteiger partial charge >= 0.3 is 0 Å². The molecule has 29 heavy (non-hydrogen) atoms. The van der Waals surface area contributed by atoms with Gasteiger partial charge in [-0.15, -0.1) is 0 Å². The van der Waals surface area contributed by atoms with Crippen LogP contribution in [0, 0.1) is 25.2 Å². The number of rotatable bonds is 6. The lowest BCUT2D eigenvalue weighted by Crippen LogP contribution is -2.40. The summed E-state index contributed by atoms with van der Waals surface area (Å²) in [5.74, 6) is -0.133. The number of benzene rings is 1. The number of aromatic nitrogens is 1. The topological polar surface area (TPSA) is 112 Å². The minimum absolute atomic E-state index is 0.118. The number of sulfonamides is 1. The number of nitrogens with one attached hydrogen (secondary N) is 1. The van der Waals surface area contributed by atoms with Crippen molar-refractivity contribution in [2.75, 3.05) is 37.4 Å². The van der Waals surface area contributed by atoms with E-state index in [2.05, 4.69) is 16.4 Å². The van der Waals surface area contributed by atoms with Crippen molar-refractivity contribution in [3.63, 3.8) is 0 Å². The highest BCUT2D eigenvalue weighted by Gasteiger charge is 2.28. The van der Waals surface area contributed by atoms with Crippen LogP contribution in [-0.4, -0.2) is 55.7 Å². The van der Waals surface area contributed by atoms with Crippen molar-refractivity contribution >= 4 is 44.2 Å². The van der Waals surface area contributed by atoms with Crippen LogP contribution in [0.2, 0.25) is 0 Å². The van der Waals surface area contributed by atoms with Crippen LogP contribution in [0.5, 0.6) is 0 Å². The minimum Gasteiger partial charge on any atom is -0.379 e. The van der Waals surface area contributed by atoms with E-state index in [1.165, 1.54) is 33.5 Å². The molecule has 1 N–H and O–H groups in total. The summed E-state index contributed by atoms with van der Waals surface area (Å²) in [7, 11) is -3.71. The van der Waals surface area contributed by atoms with E-state index >= 15 is 0 Å². The quantitative estimate of drug-likeness (QED) is 0.671. The van der Waals surface area contributed by atoms with Crippen LogP contribution < -0.4 is 5.32 Å². The third kappa shape index (κ3) is 4.96. The monoisotopic (exact) mass is 452 g/mol. The standard InChI is InChI=1S/C18H20N4O4S3/c1-12-3-4-14(11-15(12)29(24,25)22-6-8-26-9-7-22)16(23)21-18-20-13(2)17(28-18)27-10-5-19/h3-4,11H,6-10H2,1-2H3,(H,20,21,23). The van der Waals surface area contributed by atoms with Gasteiger partial charge in [0.25, 0.3) is 5.91 Å². The highest BCUT2D eigenvalue weighted by atomic mass is 32.2. The van der Waals surface area contributed by atoms with Gasteiger partial charge in [-0.1, -0.05) is 29.2 Å². The fraction of sp³-hybridized carbons (Fsp3) is 0.389. The number of carbonyl (C=O) groups excluding carboxylic acids is 1. The van der Waals surface area contributed by atoms with Gasteiger partial charge in [-0.05, 0) is 31.5 Å². The molecule has 154 valence electrons. The van der Waals surface area contributed by atoms with Crippen molar-refractivity contribution < 1.29 is 17.9 Å². The van der Waals surface area contributed by atoms with Gasteiger partial charge < -0.3 is 4.74 Å². The molecule has 1 saturated heterocycles. The van der Waals surface area contributed by atoms with E-state index in [0.29, 0.717) is 42.8 Å². The molecule has 0 radical (unpaired) electrons. The Morgan fingerprint density at radius 1 is 1.38 bits per heavy atom. The van der Waals surface area contributed by atoms with Gasteiger partial charge in [0, 0.05) is 18.7 Å². The number of anilines is 1. The third-order valence-corrected chi connectivity index (χ3v) is 8.62. The Kier molecular flexibility index (Phi) is 6.92. The summed E-state index contributed by atoms with van der Waals surface area (Å²) in [6.07, 6.45) is 0. The number of hydrogen-bond acceptors (Lipinski definition) is 8. The van der Waals surface area contributed by atoms with Crippen LogP contribution in [-0.2, 0) is 14.8 Å². The van der Waals surface area contributed by atoms with Gasteiger partial charge in [0.05, 0.1) is 39.8 Å². The number of carbonyl (C=O) groups is 1. The lowest BCUT2D eigenvalue weighted by atomic mass is 10.1. The summed E-state index contributed by atoms with van der Waals surface area (Å²) in [5.41, 5.74) is 1.56. The fourth-order valence-electron chi connectivity index (χ4n) is 2.78. The first-order chi connectivity index (χ1) is 13.8. The first-order valence-electron chi connectivity index (χ1n) is 8.80. The second-order valence-corrected chi connectivity index (χ2v) is 10.4. The maximum atomic E-state index is 13.0. The molecule has 1 aliphatic rings. The van der Waals surface area contributed by atoms with E-state index in [4.69, 9.17) is 10.00 Å². The molecule has 1 aromatic carbocycles. The highest BCUT2D eigenvalue weighted by molar-refractivity contribution is 8.01. The van der Waals surface area contributed by atoms with Crippen molar-refractivity contribution in [2.24, 2.45) is 0 Å². The van der Waals surface area contributed by atoms with Crippen molar-refractivity contribution in [1.29, 1.82) is 5.26 Å². The molecule has 1 fully saturated rings. The fourth-order valence-corrected chi connectivity index (χ4v) is 6.24. The molecule has 1 aromatic heterocycles. The average molecular weight is 453 g/mol. The number of morpholine rings is 1. The second-order valence-electron chi connectivity index (χ2n) is 6.29. The van der Waals surface area contributed by atoms with E-state index in [1.807, 2.05) is 6.92 Å². The smallest absolute Gasteiger partial charge is 0.257 e. The number of thiazole rings is 1. The number of thioether (sulfide) groups is 1. The number of nitrogens with zero attached hydrogens (tertiary/aromatic N) is 3. The van der Waals surface area contributed by atoms with E-state index in [9.17, 15) is 13.2 Å². The third-order valence-electron chi connectivity index (χ3n) is 4.28. The first-order valence-corrected chi connectivity index (χ1v) is 12.0. The molecule has 0 unspecified atom stereocenters. The second kappa shape index (κ2) is 9.23. The lowest BCUT2D eigenvalue weighted by molar-refractivity contribution is 0.0730. The maximum absolute atomic E-state index is 13.0. The molecule has 2 heterocycles. The van der Waals surface area contributed by atoms with Crippen LogP contribution in [0.1, 0.15) is 21.6 Å². The van der Waals surface area contributed by atoms with E-state index in [-0.39, 0.29) is 10.5 Å². The van der Waals surface area contributed by atoms with Gasteiger partial charge in [0.15, 0.2) is 5.13 Å². The van der Waals surface area contributed by atoms with Gasteiger partial charge in [-0.2, -0.15) is 9.57 Å². The van der Waals surface area contributed by atoms with Gasteiger partial charge in [0.1, 0.15) is 0 Å². The summed E-state index contributed by atoms with van der Waals surface area (Å²) < 4.78 is 33.4. The zero-order valence-corrected chi connectivity index (χ0v) is 18.4. The largest absolute Gasteiger partial charge is 0.379 e. The van der Waals surface area contributed by atoms with Gasteiger partial charge in [-0.25, -0.2) is 13.4 Å². The van der Waals surface area contributed by atoms with Gasteiger partial charge in [0.2, 0.25) is 10.0 Å². The Balaban J connectivity index is 1.82. The molecule has 1 aliphatic heterocycles. The molecule has 0 aliphatic carbocycles. The van der Waals surface area contributed by atoms with Gasteiger partial charge in [-0.3, -0.25) is 10.1 Å². The Morgan fingerprint density at radius 3 is 2.79 bits per heavy atom. The molecular weight excluding hydrogens is 432 g/mol. The Hall–Kier alpha value is -1.97. The van der Waals surface area contributed by atoms with Crippen LogP contribution >= 0.6 is 23.1 Å². The molecule has 0 bridgehead atoms. The molecule has 8 nitrogen and oxygen atoms in total. The van der Waals surface area contributed by atoms with Crippen LogP contribution in [0.3, 0.4) is 0 Å². The summed E-state index contributed by atoms with van der Waals surface area (Å²) in [6.45, 7) is 4.81. The van der Waals surface area contributed by atoms with E-state index in [0.717, 1.165) is 9.90 Å². The minimum atomic E-state index is -3.71. The summed E-state index contributed by atoms with van der Waals surface area (Å²) in [6, 6.07) is 6.68. The Morgan fingerprint density at radius 2 is 2.10 bits per heavy atom. The molecule has 3 rings (SSSR count). The molecule has 1 amide bonds. The number of nitriles is 1. The van der Waals surface area contributed by atoms with Crippen LogP contribution in [0.4, 0.5) is 5.13 Å². The van der Waals surface area contributed by atoms with Crippen LogP contribution in [0.25, 0.3) is 0 Å². The summed E-state index contributed by atoms with van der Waals surface area (Å²) in [5, 5.41) is 11.8. The molecule has 0 atom stereocenters. The van der Waals surface area contributed by atoms with Crippen molar-refractivity contribution in [2.45, 2.75) is 23.0 Å². The predicted molar refractivity (Wildman–Crippen MR) is 112 cm³/mol. The molecule has 2 aromatic rings. The lowest BCUT2D eigenvalue weighted by Gasteiger charge is -2.26. The zero-order chi connectivity index (χ0) is 21.0. The molecule has 0 spiro atoms. The summed E-state index contributed by atoms with van der Waals surface area (Å²) in [4.78, 5) is 17.1. The van der Waals surface area contributed by atoms with Crippen molar-refractivity contribution in [3.05, 3.63) is 35.0 Å². The average Bonchev–Trinajstić information content (AvgIpc) is 3.06. The number of hydrogen-bond donors (Lipinski definition) is 1. The maximum Gasteiger partial charge on any atom is 0.257 e. The Bertz CT molecular complexity index is 1050. The SMILES string of the molecule is Cc1ccc(C(=O)Nc2nc(C)c(SCC#N)s2)cc1S(=O)(=O)N1CCOCC1. The number of ether oxygens (including phenoxy) is 1. The molecule has 11 heteroatoms. The first kappa shape index (κ1) is 21.7. The molecular formula is C18H20N4O4S3. The zero-order valence-electron chi connectivity index (χ0n) is 16.0. The van der Waals surface area contributed by atoms with Crippen molar-refractivity contribution in [3.8, 4) is 6.07 Å². The van der Waals surface area contributed by atoms with Crippen molar-refractivity contribution in [1.82, 2.24) is 9.29 Å². The normalized spacial score (nSPS) is 15.1. The highest BCUT2D eigenvalue weighted by Crippen LogP contribution is 2.32. The van der Waals surface area contributed by atoms with E-state index < -0.39 is 15.9 Å².